The van der Waals surface area contributed by atoms with Gasteiger partial charge in [0.2, 0.25) is 0 Å². The predicted molar refractivity (Wildman–Crippen MR) is 115 cm³/mol. The molecule has 0 aliphatic carbocycles. The first kappa shape index (κ1) is 19.9. The summed E-state index contributed by atoms with van der Waals surface area (Å²) < 4.78 is 41.5. The fraction of sp³-hybridized carbons (Fsp3) is 0. The average Bonchev–Trinajstić information content (AvgIpc) is 2.76. The van der Waals surface area contributed by atoms with E-state index in [0.29, 0.717) is 28.0 Å². The molecule has 0 aliphatic heterocycles. The van der Waals surface area contributed by atoms with Crippen LogP contribution in [0, 0.1) is 5.82 Å². The fourth-order valence-corrected chi connectivity index (χ4v) is 3.99. The second kappa shape index (κ2) is 8.17. The number of sulfonamides is 1. The van der Waals surface area contributed by atoms with E-state index in [1.54, 1.807) is 48.7 Å². The van der Waals surface area contributed by atoms with Gasteiger partial charge in [0.15, 0.2) is 0 Å². The molecule has 0 saturated heterocycles. The molecule has 9 heteroatoms. The SMILES string of the molecule is O=S(=O)(Nc1ccc(N=Nc2ccc(Cl)c(F)c2)c2cccnc12)c1ccccc1. The Labute approximate surface area is 177 Å². The summed E-state index contributed by atoms with van der Waals surface area (Å²) >= 11 is 5.68. The van der Waals surface area contributed by atoms with Gasteiger partial charge in [-0.2, -0.15) is 5.11 Å². The summed E-state index contributed by atoms with van der Waals surface area (Å²) in [6, 6.07) is 18.8. The van der Waals surface area contributed by atoms with Crippen LogP contribution in [0.5, 0.6) is 0 Å². The van der Waals surface area contributed by atoms with E-state index in [0.717, 1.165) is 0 Å². The molecule has 0 fully saturated rings. The first-order valence-electron chi connectivity index (χ1n) is 8.76. The zero-order valence-corrected chi connectivity index (χ0v) is 16.9. The number of rotatable bonds is 5. The van der Waals surface area contributed by atoms with E-state index >= 15 is 0 Å². The van der Waals surface area contributed by atoms with E-state index in [2.05, 4.69) is 19.9 Å². The number of aromatic nitrogens is 1. The molecule has 0 saturated carbocycles. The smallest absolute Gasteiger partial charge is 0.261 e. The Morgan fingerprint density at radius 2 is 1.73 bits per heavy atom. The number of benzene rings is 3. The van der Waals surface area contributed by atoms with Crippen molar-refractivity contribution in [3.05, 3.63) is 89.8 Å². The van der Waals surface area contributed by atoms with Gasteiger partial charge >= 0.3 is 0 Å². The highest BCUT2D eigenvalue weighted by molar-refractivity contribution is 7.92. The molecule has 30 heavy (non-hydrogen) atoms. The first-order valence-corrected chi connectivity index (χ1v) is 10.6. The molecule has 0 unspecified atom stereocenters. The van der Waals surface area contributed by atoms with Crippen molar-refractivity contribution in [2.24, 2.45) is 10.2 Å². The molecule has 0 amide bonds. The lowest BCUT2D eigenvalue weighted by atomic mass is 10.1. The molecule has 6 nitrogen and oxygen atoms in total. The van der Waals surface area contributed by atoms with Crippen molar-refractivity contribution in [3.8, 4) is 0 Å². The molecule has 4 rings (SSSR count). The summed E-state index contributed by atoms with van der Waals surface area (Å²) in [7, 11) is -3.78. The zero-order valence-electron chi connectivity index (χ0n) is 15.3. The van der Waals surface area contributed by atoms with Crippen LogP contribution < -0.4 is 4.72 Å². The number of nitrogens with zero attached hydrogens (tertiary/aromatic N) is 3. The maximum absolute atomic E-state index is 13.6. The number of pyridine rings is 1. The summed E-state index contributed by atoms with van der Waals surface area (Å²) in [5, 5.41) is 8.80. The van der Waals surface area contributed by atoms with Crippen LogP contribution >= 0.6 is 11.6 Å². The van der Waals surface area contributed by atoms with Gasteiger partial charge < -0.3 is 0 Å². The van der Waals surface area contributed by atoms with Gasteiger partial charge in [0.05, 0.1) is 32.5 Å². The predicted octanol–water partition coefficient (Wildman–Crippen LogP) is 6.24. The number of anilines is 1. The van der Waals surface area contributed by atoms with Crippen molar-refractivity contribution in [2.75, 3.05) is 4.72 Å². The van der Waals surface area contributed by atoms with Crippen molar-refractivity contribution in [3.63, 3.8) is 0 Å². The summed E-state index contributed by atoms with van der Waals surface area (Å²) in [6.07, 6.45) is 1.55. The molecule has 1 N–H and O–H groups in total. The highest BCUT2D eigenvalue weighted by Crippen LogP contribution is 2.33. The molecule has 3 aromatic carbocycles. The molecule has 0 aliphatic rings. The highest BCUT2D eigenvalue weighted by Gasteiger charge is 2.16. The average molecular weight is 441 g/mol. The van der Waals surface area contributed by atoms with Crippen molar-refractivity contribution in [2.45, 2.75) is 4.90 Å². The summed E-state index contributed by atoms with van der Waals surface area (Å²) in [4.78, 5) is 4.44. The minimum absolute atomic E-state index is 0.00125. The van der Waals surface area contributed by atoms with E-state index in [9.17, 15) is 12.8 Å². The molecule has 0 spiro atoms. The second-order valence-electron chi connectivity index (χ2n) is 6.25. The molecule has 1 aromatic heterocycles. The van der Waals surface area contributed by atoms with Crippen LogP contribution in [-0.4, -0.2) is 13.4 Å². The van der Waals surface area contributed by atoms with Gasteiger partial charge in [0.25, 0.3) is 10.0 Å². The van der Waals surface area contributed by atoms with Crippen LogP contribution in [0.15, 0.2) is 94.1 Å². The minimum atomic E-state index is -3.78. The molecule has 4 aromatic rings. The summed E-state index contributed by atoms with van der Waals surface area (Å²) in [5.41, 5.74) is 1.47. The van der Waals surface area contributed by atoms with Gasteiger partial charge in [-0.15, -0.1) is 5.11 Å². The van der Waals surface area contributed by atoms with Gasteiger partial charge in [-0.05, 0) is 48.5 Å². The third-order valence-electron chi connectivity index (χ3n) is 4.22. The van der Waals surface area contributed by atoms with Crippen LogP contribution in [0.3, 0.4) is 0 Å². The molecular formula is C21H14ClFN4O2S. The highest BCUT2D eigenvalue weighted by atomic mass is 35.5. The number of fused-ring (bicyclic) bond motifs is 1. The first-order chi connectivity index (χ1) is 14.4. The zero-order chi connectivity index (χ0) is 21.1. The molecule has 0 radical (unpaired) electrons. The Morgan fingerprint density at radius 3 is 2.50 bits per heavy atom. The maximum Gasteiger partial charge on any atom is 0.261 e. The number of azo groups is 1. The van der Waals surface area contributed by atoms with Crippen LogP contribution in [-0.2, 0) is 10.0 Å². The van der Waals surface area contributed by atoms with Crippen LogP contribution in [0.2, 0.25) is 5.02 Å². The number of hydrogen-bond donors (Lipinski definition) is 1. The fourth-order valence-electron chi connectivity index (χ4n) is 2.79. The number of hydrogen-bond acceptors (Lipinski definition) is 5. The second-order valence-corrected chi connectivity index (χ2v) is 8.34. The van der Waals surface area contributed by atoms with Gasteiger partial charge in [0.1, 0.15) is 5.82 Å². The van der Waals surface area contributed by atoms with Crippen LogP contribution in [0.1, 0.15) is 0 Å². The van der Waals surface area contributed by atoms with Crippen molar-refractivity contribution < 1.29 is 12.8 Å². The van der Waals surface area contributed by atoms with E-state index in [-0.39, 0.29) is 9.92 Å². The van der Waals surface area contributed by atoms with Crippen LogP contribution in [0.25, 0.3) is 10.9 Å². The Hall–Kier alpha value is -3.36. The van der Waals surface area contributed by atoms with Gasteiger partial charge in [-0.25, -0.2) is 12.8 Å². The van der Waals surface area contributed by atoms with Crippen molar-refractivity contribution in [1.82, 2.24) is 4.98 Å². The normalized spacial score (nSPS) is 11.8. The van der Waals surface area contributed by atoms with Gasteiger partial charge in [-0.3, -0.25) is 9.71 Å². The van der Waals surface area contributed by atoms with E-state index < -0.39 is 15.8 Å². The van der Waals surface area contributed by atoms with E-state index in [1.807, 2.05) is 0 Å². The van der Waals surface area contributed by atoms with E-state index in [1.165, 1.54) is 30.3 Å². The third-order valence-corrected chi connectivity index (χ3v) is 5.91. The standard InChI is InChI=1S/C21H14ClFN4O2S/c22-17-9-8-14(13-18(17)23)25-26-19-10-11-20(21-16(19)7-4-12-24-21)27-30(28,29)15-5-2-1-3-6-15/h1-13,27H. The number of nitrogens with one attached hydrogen (secondary N) is 1. The minimum Gasteiger partial charge on any atom is -0.277 e. The van der Waals surface area contributed by atoms with Crippen LogP contribution in [0.4, 0.5) is 21.5 Å². The van der Waals surface area contributed by atoms with Gasteiger partial charge in [0, 0.05) is 17.6 Å². The molecule has 0 bridgehead atoms. The topological polar surface area (TPSA) is 83.8 Å². The molecule has 150 valence electrons. The maximum atomic E-state index is 13.6. The molecular weight excluding hydrogens is 427 g/mol. The summed E-state index contributed by atoms with van der Waals surface area (Å²) in [5.74, 6) is -0.592. The third kappa shape index (κ3) is 4.14. The molecule has 0 atom stereocenters. The van der Waals surface area contributed by atoms with Crippen molar-refractivity contribution in [1.29, 1.82) is 0 Å². The Bertz CT molecular complexity index is 1360. The lowest BCUT2D eigenvalue weighted by Crippen LogP contribution is -2.13. The molecule has 1 heterocycles. The summed E-state index contributed by atoms with van der Waals surface area (Å²) in [6.45, 7) is 0. The number of halogens is 2. The lowest BCUT2D eigenvalue weighted by molar-refractivity contribution is 0.601. The Balaban J connectivity index is 1.71. The lowest BCUT2D eigenvalue weighted by Gasteiger charge is -2.11. The van der Waals surface area contributed by atoms with Gasteiger partial charge in [-0.1, -0.05) is 29.8 Å². The Morgan fingerprint density at radius 1 is 0.933 bits per heavy atom. The largest absolute Gasteiger partial charge is 0.277 e. The Kier molecular flexibility index (Phi) is 5.43. The quantitative estimate of drug-likeness (QED) is 0.372. The monoisotopic (exact) mass is 440 g/mol. The van der Waals surface area contributed by atoms with Crippen molar-refractivity contribution >= 4 is 49.6 Å². The van der Waals surface area contributed by atoms with E-state index in [4.69, 9.17) is 11.6 Å².